The van der Waals surface area contributed by atoms with Gasteiger partial charge in [0.1, 0.15) is 5.78 Å². The molecule has 1 aliphatic heterocycles. The lowest BCUT2D eigenvalue weighted by atomic mass is 9.42. The summed E-state index contributed by atoms with van der Waals surface area (Å²) >= 11 is 0. The van der Waals surface area contributed by atoms with Crippen LogP contribution in [0.25, 0.3) is 0 Å². The average Bonchev–Trinajstić information content (AvgIpc) is 3.50. The maximum atomic E-state index is 12.5. The van der Waals surface area contributed by atoms with Crippen molar-refractivity contribution in [1.29, 1.82) is 0 Å². The van der Waals surface area contributed by atoms with Crippen molar-refractivity contribution in [3.63, 3.8) is 0 Å². The van der Waals surface area contributed by atoms with Crippen LogP contribution in [0.1, 0.15) is 117 Å². The van der Waals surface area contributed by atoms with Crippen LogP contribution in [0.4, 0.5) is 0 Å². The number of hydrogen-bond donors (Lipinski definition) is 1. The summed E-state index contributed by atoms with van der Waals surface area (Å²) in [5.41, 5.74) is 0.502. The van der Waals surface area contributed by atoms with E-state index in [0.717, 1.165) is 94.3 Å². The number of carbonyl (C=O) groups is 1. The highest BCUT2D eigenvalue weighted by atomic mass is 16.3. The van der Waals surface area contributed by atoms with E-state index in [4.69, 9.17) is 16.7 Å². The lowest BCUT2D eigenvalue weighted by Gasteiger charge is -2.62. The minimum absolute atomic E-state index is 0.163. The molecule has 0 amide bonds. The Balaban J connectivity index is 1.21. The molecule has 5 rings (SSSR count). The molecule has 4 saturated carbocycles. The minimum Gasteiger partial charge on any atom is -0.393 e. The van der Waals surface area contributed by atoms with Gasteiger partial charge in [0.15, 0.2) is 5.66 Å². The molecular weight excluding hydrogens is 432 g/mol. The predicted molar refractivity (Wildman–Crippen MR) is 140 cm³/mol. The number of aliphatic hydroxyl groups is 1. The number of nitrogens with zero attached hydrogens (tertiary/aromatic N) is 2. The maximum Gasteiger partial charge on any atom is 0.194 e. The number of unbranched alkanes of at least 4 members (excludes halogenated alkanes) is 3. The Kier molecular flexibility index (Phi) is 6.97. The number of aliphatic hydroxyl groups excluding tert-OH is 1. The highest BCUT2D eigenvalue weighted by Gasteiger charge is 2.69. The van der Waals surface area contributed by atoms with Crippen LogP contribution in [0.5, 0.6) is 0 Å². The van der Waals surface area contributed by atoms with Crippen LogP contribution in [0.15, 0.2) is 10.2 Å². The summed E-state index contributed by atoms with van der Waals surface area (Å²) in [6.07, 6.45) is 21.1. The smallest absolute Gasteiger partial charge is 0.194 e. The van der Waals surface area contributed by atoms with Crippen LogP contribution < -0.4 is 0 Å². The summed E-state index contributed by atoms with van der Waals surface area (Å²) in [6.45, 7) is 7.56. The Morgan fingerprint density at radius 1 is 1.03 bits per heavy atom. The van der Waals surface area contributed by atoms with Gasteiger partial charge in [-0.3, -0.25) is 4.79 Å². The molecule has 4 heteroatoms. The van der Waals surface area contributed by atoms with Gasteiger partial charge < -0.3 is 5.11 Å². The lowest BCUT2D eigenvalue weighted by Crippen LogP contribution is -2.59. The molecule has 7 unspecified atom stereocenters. The van der Waals surface area contributed by atoms with E-state index in [1.54, 1.807) is 0 Å². The molecule has 0 saturated heterocycles. The Morgan fingerprint density at radius 2 is 1.77 bits per heavy atom. The summed E-state index contributed by atoms with van der Waals surface area (Å²) in [4.78, 5) is 12.5. The van der Waals surface area contributed by atoms with Crippen molar-refractivity contribution in [2.75, 3.05) is 0 Å². The van der Waals surface area contributed by atoms with E-state index in [9.17, 15) is 9.90 Å². The molecule has 1 spiro atoms. The van der Waals surface area contributed by atoms with E-state index >= 15 is 0 Å². The fourth-order valence-corrected chi connectivity index (χ4v) is 10.1. The monoisotopic (exact) mass is 480 g/mol. The molecule has 35 heavy (non-hydrogen) atoms. The highest BCUT2D eigenvalue weighted by Crippen LogP contribution is 2.72. The SMILES string of the molecule is C#CCCCCCC(=O)CC[C@@H](C)C1CCC2C3CC4(N=N4)C4CC(O)CCC4(C)C3CC[C@@]21C. The van der Waals surface area contributed by atoms with Gasteiger partial charge in [-0.1, -0.05) is 27.2 Å². The Bertz CT molecular complexity index is 870. The van der Waals surface area contributed by atoms with Crippen molar-refractivity contribution in [3.8, 4) is 12.3 Å². The number of hydrogen-bond acceptors (Lipinski definition) is 4. The first kappa shape index (κ1) is 25.4. The van der Waals surface area contributed by atoms with Crippen molar-refractivity contribution in [2.24, 2.45) is 56.6 Å². The van der Waals surface area contributed by atoms with Crippen molar-refractivity contribution in [2.45, 2.75) is 129 Å². The molecule has 0 aromatic rings. The second kappa shape index (κ2) is 9.59. The third-order valence-corrected chi connectivity index (χ3v) is 12.0. The minimum atomic E-state index is -0.175. The molecule has 4 aliphatic carbocycles. The summed E-state index contributed by atoms with van der Waals surface area (Å²) in [7, 11) is 0. The molecule has 1 heterocycles. The molecule has 4 fully saturated rings. The first-order valence-corrected chi connectivity index (χ1v) is 14.8. The van der Waals surface area contributed by atoms with Crippen LogP contribution in [0.2, 0.25) is 0 Å². The van der Waals surface area contributed by atoms with Gasteiger partial charge >= 0.3 is 0 Å². The van der Waals surface area contributed by atoms with E-state index in [-0.39, 0.29) is 17.2 Å². The van der Waals surface area contributed by atoms with Gasteiger partial charge in [0, 0.05) is 31.6 Å². The normalized spacial score (nSPS) is 43.6. The number of ketones is 1. The average molecular weight is 481 g/mol. The zero-order valence-electron chi connectivity index (χ0n) is 22.5. The van der Waals surface area contributed by atoms with Gasteiger partial charge in [0.2, 0.25) is 0 Å². The molecule has 0 aromatic carbocycles. The van der Waals surface area contributed by atoms with Crippen LogP contribution in [-0.4, -0.2) is 22.7 Å². The molecule has 194 valence electrons. The molecule has 0 bridgehead atoms. The fraction of sp³-hybridized carbons (Fsp3) is 0.903. The van der Waals surface area contributed by atoms with Gasteiger partial charge in [0.25, 0.3) is 0 Å². The standard InChI is InChI=1S/C31H48N2O2/c1-5-6-7-8-9-10-22(34)12-11-21(2)25-13-14-26-24-20-31(32-33-31)28-19-23(35)15-17-30(28,4)27(24)16-18-29(25,26)3/h1,21,23-28,35H,6-20H2,2-4H3/t21-,23?,24?,25?,26?,27?,28?,29-,30?/m1/s1. The van der Waals surface area contributed by atoms with Gasteiger partial charge in [-0.2, -0.15) is 10.2 Å². The van der Waals surface area contributed by atoms with E-state index in [1.165, 1.54) is 25.7 Å². The number of Topliss-reactive ketones (excluding diaryl/α,β-unsaturated/α-hetero) is 1. The quantitative estimate of drug-likeness (QED) is 0.277. The molecular formula is C31H48N2O2. The van der Waals surface area contributed by atoms with Crippen LogP contribution >= 0.6 is 0 Å². The number of rotatable bonds is 9. The second-order valence-electron chi connectivity index (χ2n) is 13.7. The van der Waals surface area contributed by atoms with Gasteiger partial charge in [-0.15, -0.1) is 12.3 Å². The number of carbonyl (C=O) groups excluding carboxylic acids is 1. The molecule has 1 N–H and O–H groups in total. The zero-order chi connectivity index (χ0) is 24.8. The molecule has 0 aromatic heterocycles. The number of fused-ring (bicyclic) bond motifs is 6. The van der Waals surface area contributed by atoms with Gasteiger partial charge in [0.05, 0.1) is 6.10 Å². The summed E-state index contributed by atoms with van der Waals surface area (Å²) in [6, 6.07) is 0. The van der Waals surface area contributed by atoms with Crippen molar-refractivity contribution in [3.05, 3.63) is 0 Å². The third-order valence-electron chi connectivity index (χ3n) is 12.0. The van der Waals surface area contributed by atoms with E-state index in [1.807, 2.05) is 0 Å². The fourth-order valence-electron chi connectivity index (χ4n) is 10.1. The van der Waals surface area contributed by atoms with Crippen LogP contribution in [0.3, 0.4) is 0 Å². The Labute approximate surface area is 213 Å². The molecule has 9 atom stereocenters. The van der Waals surface area contributed by atoms with Crippen LogP contribution in [-0.2, 0) is 4.79 Å². The molecule has 0 radical (unpaired) electrons. The summed E-state index contributed by atoms with van der Waals surface area (Å²) < 4.78 is 0. The first-order chi connectivity index (χ1) is 16.7. The third kappa shape index (κ3) is 4.43. The molecule has 5 aliphatic rings. The van der Waals surface area contributed by atoms with Crippen molar-refractivity contribution < 1.29 is 9.90 Å². The van der Waals surface area contributed by atoms with Crippen molar-refractivity contribution >= 4 is 5.78 Å². The number of terminal acetylenes is 1. The summed E-state index contributed by atoms with van der Waals surface area (Å²) in [5, 5.41) is 19.9. The second-order valence-corrected chi connectivity index (χ2v) is 13.7. The van der Waals surface area contributed by atoms with E-state index in [0.29, 0.717) is 23.0 Å². The topological polar surface area (TPSA) is 62.0 Å². The van der Waals surface area contributed by atoms with Crippen molar-refractivity contribution in [1.82, 2.24) is 0 Å². The molecule has 4 nitrogen and oxygen atoms in total. The first-order valence-electron chi connectivity index (χ1n) is 14.8. The van der Waals surface area contributed by atoms with Gasteiger partial charge in [-0.25, -0.2) is 0 Å². The Hall–Kier alpha value is -1.21. The van der Waals surface area contributed by atoms with Crippen LogP contribution in [0, 0.1) is 58.7 Å². The lowest BCUT2D eigenvalue weighted by molar-refractivity contribution is -0.145. The van der Waals surface area contributed by atoms with E-state index in [2.05, 4.69) is 26.7 Å². The van der Waals surface area contributed by atoms with Gasteiger partial charge in [-0.05, 0) is 105 Å². The largest absolute Gasteiger partial charge is 0.393 e. The summed E-state index contributed by atoms with van der Waals surface area (Å²) in [5.74, 6) is 7.20. The predicted octanol–water partition coefficient (Wildman–Crippen LogP) is 7.35. The zero-order valence-corrected chi connectivity index (χ0v) is 22.5. The maximum absolute atomic E-state index is 12.5. The highest BCUT2D eigenvalue weighted by molar-refractivity contribution is 5.78. The Morgan fingerprint density at radius 3 is 2.51 bits per heavy atom. The van der Waals surface area contributed by atoms with E-state index < -0.39 is 0 Å².